The number of hydrogen-bond acceptors (Lipinski definition) is 4. The van der Waals surface area contributed by atoms with Gasteiger partial charge in [-0.05, 0) is 0 Å². The molecule has 0 aromatic heterocycles. The Balaban J connectivity index is 0.000000810. The van der Waals surface area contributed by atoms with Crippen molar-refractivity contribution in [3.8, 4) is 0 Å². The Labute approximate surface area is 71.5 Å². The van der Waals surface area contributed by atoms with Crippen LogP contribution in [-0.4, -0.2) is 31.6 Å². The summed E-state index contributed by atoms with van der Waals surface area (Å²) in [5.41, 5.74) is 0. The van der Waals surface area contributed by atoms with Crippen LogP contribution in [0.4, 0.5) is 0 Å². The summed E-state index contributed by atoms with van der Waals surface area (Å²) >= 11 is 0. The van der Waals surface area contributed by atoms with E-state index in [1.54, 1.807) is 0 Å². The number of carboxylic acid groups (broad SMARTS) is 1. The van der Waals surface area contributed by atoms with Crippen LogP contribution in [0.5, 0.6) is 0 Å². The summed E-state index contributed by atoms with van der Waals surface area (Å²) in [5.74, 6) is -1.03. The molecule has 0 radical (unpaired) electrons. The molecule has 0 amide bonds. The van der Waals surface area contributed by atoms with Crippen molar-refractivity contribution in [2.75, 3.05) is 19.6 Å². The maximum atomic E-state index is 10.1. The van der Waals surface area contributed by atoms with Gasteiger partial charge in [0.05, 0.1) is 12.0 Å². The topological polar surface area (TPSA) is 64.2 Å². The summed E-state index contributed by atoms with van der Waals surface area (Å²) in [4.78, 5) is 10.1. The van der Waals surface area contributed by atoms with Crippen LogP contribution in [-0.2, 0) is 4.79 Å². The van der Waals surface area contributed by atoms with Crippen molar-refractivity contribution in [1.82, 2.24) is 10.6 Å². The van der Waals surface area contributed by atoms with Crippen LogP contribution in [0, 0.1) is 0 Å². The number of aliphatic carboxylic acids is 1. The molecule has 1 atom stereocenters. The first-order valence-electron chi connectivity index (χ1n) is 2.95. The molecule has 0 saturated carbocycles. The Hall–Kier alpha value is -0.0126. The first-order chi connectivity index (χ1) is 4.30. The Morgan fingerprint density at radius 1 is 1.50 bits per heavy atom. The van der Waals surface area contributed by atoms with Gasteiger partial charge in [0, 0.05) is 19.6 Å². The van der Waals surface area contributed by atoms with E-state index in [2.05, 4.69) is 10.6 Å². The minimum Gasteiger partial charge on any atom is -0.548 e. The number of piperazine rings is 1. The van der Waals surface area contributed by atoms with E-state index in [-0.39, 0.29) is 18.9 Å². The van der Waals surface area contributed by atoms with Crippen LogP contribution in [0.2, 0.25) is 0 Å². The second-order valence-electron chi connectivity index (χ2n) is 2.03. The van der Waals surface area contributed by atoms with Crippen LogP contribution in [0.15, 0.2) is 0 Å². The van der Waals surface area contributed by atoms with Gasteiger partial charge in [-0.15, -0.1) is 0 Å². The Morgan fingerprint density at radius 3 is 2.50 bits per heavy atom. The zero-order valence-corrected chi connectivity index (χ0v) is 6.02. The largest absolute Gasteiger partial charge is 1.00 e. The van der Waals surface area contributed by atoms with Gasteiger partial charge in [0.15, 0.2) is 0 Å². The molecule has 0 aliphatic carbocycles. The summed E-state index contributed by atoms with van der Waals surface area (Å²) in [6.07, 6.45) is 0. The smallest absolute Gasteiger partial charge is 0.548 e. The molecule has 1 rings (SSSR count). The third-order valence-corrected chi connectivity index (χ3v) is 1.33. The zero-order chi connectivity index (χ0) is 6.69. The van der Waals surface area contributed by atoms with Gasteiger partial charge >= 0.3 is 18.9 Å². The summed E-state index contributed by atoms with van der Waals surface area (Å²) in [5, 5.41) is 15.9. The van der Waals surface area contributed by atoms with Crippen molar-refractivity contribution in [3.05, 3.63) is 0 Å². The first kappa shape index (κ1) is 9.99. The van der Waals surface area contributed by atoms with E-state index in [0.717, 1.165) is 6.54 Å². The summed E-state index contributed by atoms with van der Waals surface area (Å²) in [6.45, 7) is 2.02. The molecule has 10 heavy (non-hydrogen) atoms. The maximum Gasteiger partial charge on any atom is 1.00 e. The van der Waals surface area contributed by atoms with Crippen LogP contribution < -0.4 is 34.6 Å². The quantitative estimate of drug-likeness (QED) is 0.353. The zero-order valence-electron chi connectivity index (χ0n) is 6.02. The minimum absolute atomic E-state index is 0. The van der Waals surface area contributed by atoms with Gasteiger partial charge in [0.25, 0.3) is 0 Å². The summed E-state index contributed by atoms with van der Waals surface area (Å²) in [6, 6.07) is -0.501. The Kier molecular flexibility index (Phi) is 4.74. The predicted molar refractivity (Wildman–Crippen MR) is 29.7 cm³/mol. The molecule has 1 saturated heterocycles. The molecule has 52 valence electrons. The van der Waals surface area contributed by atoms with Gasteiger partial charge in [0.2, 0.25) is 0 Å². The number of carboxylic acids is 1. The predicted octanol–water partition coefficient (Wildman–Crippen LogP) is -5.70. The molecule has 0 aromatic carbocycles. The molecular formula is C5H9LiN2O2. The van der Waals surface area contributed by atoms with E-state index >= 15 is 0 Å². The molecule has 1 aliphatic rings. The second kappa shape index (κ2) is 4.75. The second-order valence-corrected chi connectivity index (χ2v) is 2.03. The normalized spacial score (nSPS) is 25.0. The number of rotatable bonds is 1. The molecule has 1 fully saturated rings. The summed E-state index contributed by atoms with van der Waals surface area (Å²) < 4.78 is 0. The van der Waals surface area contributed by atoms with Crippen LogP contribution >= 0.6 is 0 Å². The monoisotopic (exact) mass is 136 g/mol. The minimum atomic E-state index is -1.03. The molecule has 0 aromatic rings. The molecule has 0 spiro atoms. The number of hydrogen-bond donors (Lipinski definition) is 2. The summed E-state index contributed by atoms with van der Waals surface area (Å²) in [7, 11) is 0. The number of carbonyl (C=O) groups is 1. The van der Waals surface area contributed by atoms with Crippen LogP contribution in [0.25, 0.3) is 0 Å². The molecule has 2 N–H and O–H groups in total. The average molecular weight is 136 g/mol. The van der Waals surface area contributed by atoms with Gasteiger partial charge in [0.1, 0.15) is 0 Å². The van der Waals surface area contributed by atoms with Crippen molar-refractivity contribution in [2.45, 2.75) is 6.04 Å². The van der Waals surface area contributed by atoms with Gasteiger partial charge < -0.3 is 20.5 Å². The van der Waals surface area contributed by atoms with Crippen molar-refractivity contribution >= 4 is 5.97 Å². The molecule has 1 unspecified atom stereocenters. The van der Waals surface area contributed by atoms with Crippen molar-refractivity contribution < 1.29 is 28.8 Å². The van der Waals surface area contributed by atoms with E-state index < -0.39 is 12.0 Å². The molecular weight excluding hydrogens is 127 g/mol. The standard InChI is InChI=1S/C5H10N2O2.Li/c8-5(9)4-3-6-1-2-7-4;/h4,6-7H,1-3H2,(H,8,9);/q;+1/p-1. The SMILES string of the molecule is O=C([O-])C1CNCCN1.[Li+]. The van der Waals surface area contributed by atoms with E-state index in [4.69, 9.17) is 0 Å². The average Bonchev–Trinajstić information content (AvgIpc) is 1.90. The van der Waals surface area contributed by atoms with Crippen LogP contribution in [0.1, 0.15) is 0 Å². The van der Waals surface area contributed by atoms with E-state index in [1.165, 1.54) is 0 Å². The molecule has 0 bridgehead atoms. The van der Waals surface area contributed by atoms with Gasteiger partial charge in [-0.25, -0.2) is 0 Å². The van der Waals surface area contributed by atoms with Gasteiger partial charge in [-0.1, -0.05) is 0 Å². The van der Waals surface area contributed by atoms with Crippen molar-refractivity contribution in [2.24, 2.45) is 0 Å². The first-order valence-corrected chi connectivity index (χ1v) is 2.95. The van der Waals surface area contributed by atoms with E-state index in [1.807, 2.05) is 0 Å². The molecule has 1 aliphatic heterocycles. The van der Waals surface area contributed by atoms with Gasteiger partial charge in [-0.3, -0.25) is 0 Å². The Morgan fingerprint density at radius 2 is 2.20 bits per heavy atom. The van der Waals surface area contributed by atoms with Crippen LogP contribution in [0.3, 0.4) is 0 Å². The fourth-order valence-corrected chi connectivity index (χ4v) is 0.820. The third-order valence-electron chi connectivity index (χ3n) is 1.33. The number of nitrogens with one attached hydrogen (secondary N) is 2. The Bertz CT molecular complexity index is 114. The maximum absolute atomic E-state index is 10.1. The molecule has 5 heteroatoms. The van der Waals surface area contributed by atoms with Crippen molar-refractivity contribution in [1.29, 1.82) is 0 Å². The van der Waals surface area contributed by atoms with Crippen molar-refractivity contribution in [3.63, 3.8) is 0 Å². The van der Waals surface area contributed by atoms with E-state index in [0.29, 0.717) is 13.1 Å². The van der Waals surface area contributed by atoms with Gasteiger partial charge in [-0.2, -0.15) is 0 Å². The number of carbonyl (C=O) groups excluding carboxylic acids is 1. The third kappa shape index (κ3) is 2.71. The fourth-order valence-electron chi connectivity index (χ4n) is 0.820. The fraction of sp³-hybridized carbons (Fsp3) is 0.800. The molecule has 4 nitrogen and oxygen atoms in total. The molecule has 1 heterocycles. The van der Waals surface area contributed by atoms with E-state index in [9.17, 15) is 9.90 Å².